The maximum atomic E-state index is 13.5. The minimum atomic E-state index is -4.59. The van der Waals surface area contributed by atoms with Gasteiger partial charge in [-0.3, -0.25) is 14.2 Å². The molecule has 1 atom stereocenters. The number of halogens is 3. The quantitative estimate of drug-likeness (QED) is 0.546. The third-order valence-corrected chi connectivity index (χ3v) is 7.18. The first kappa shape index (κ1) is 24.9. The number of fused-ring (bicyclic) bond motifs is 3. The van der Waals surface area contributed by atoms with Gasteiger partial charge in [-0.2, -0.15) is 18.2 Å². The average Bonchev–Trinajstić information content (AvgIpc) is 3.01. The number of nitrogens with zero attached hydrogens (tertiary/aromatic N) is 3. The van der Waals surface area contributed by atoms with Crippen molar-refractivity contribution in [3.05, 3.63) is 86.8 Å². The summed E-state index contributed by atoms with van der Waals surface area (Å²) >= 11 is 0. The molecule has 37 heavy (non-hydrogen) atoms. The second-order valence-corrected chi connectivity index (χ2v) is 9.77. The van der Waals surface area contributed by atoms with Crippen LogP contribution < -0.4 is 10.9 Å². The summed E-state index contributed by atoms with van der Waals surface area (Å²) < 4.78 is 40.9. The molecule has 0 bridgehead atoms. The standard InChI is InChI=1S/C27H27F3N4O3/c1-15(2)33-13-20(21-18-9-5-3-7-16(18)11-12-17-8-4-6-10-19(17)21)34-22(25(33)37)23(35)24(36)32-26(34)31-14-27(28,29)30/h3-10,15,20-21,35H,11-14H2,1-2H3,(H,31,32,36)/t20-/m1/s1. The highest BCUT2D eigenvalue weighted by molar-refractivity contribution is 5.96. The van der Waals surface area contributed by atoms with Crippen LogP contribution in [0.3, 0.4) is 0 Å². The van der Waals surface area contributed by atoms with E-state index in [1.54, 1.807) is 4.90 Å². The first-order chi connectivity index (χ1) is 17.6. The Labute approximate surface area is 211 Å². The molecule has 0 radical (unpaired) electrons. The number of hydrogen-bond donors (Lipinski definition) is 2. The van der Waals surface area contributed by atoms with Crippen molar-refractivity contribution in [3.8, 4) is 5.75 Å². The molecular weight excluding hydrogens is 485 g/mol. The summed E-state index contributed by atoms with van der Waals surface area (Å²) in [6, 6.07) is 14.9. The van der Waals surface area contributed by atoms with Crippen LogP contribution in [-0.4, -0.2) is 50.8 Å². The average molecular weight is 513 g/mol. The van der Waals surface area contributed by atoms with Gasteiger partial charge >= 0.3 is 11.7 Å². The van der Waals surface area contributed by atoms with Crippen molar-refractivity contribution in [2.24, 2.45) is 0 Å². The highest BCUT2D eigenvalue weighted by Gasteiger charge is 2.43. The molecule has 2 heterocycles. The van der Waals surface area contributed by atoms with Gasteiger partial charge in [0.25, 0.3) is 5.91 Å². The summed E-state index contributed by atoms with van der Waals surface area (Å²) in [7, 11) is 0. The number of carbonyl (C=O) groups excluding carboxylic acids is 1. The zero-order valence-electron chi connectivity index (χ0n) is 20.4. The summed E-state index contributed by atoms with van der Waals surface area (Å²) in [5.41, 5.74) is 2.66. The fourth-order valence-electron chi connectivity index (χ4n) is 5.54. The normalized spacial score (nSPS) is 17.7. The molecule has 0 fully saturated rings. The third-order valence-electron chi connectivity index (χ3n) is 7.18. The summed E-state index contributed by atoms with van der Waals surface area (Å²) in [5, 5.41) is 13.0. The second-order valence-electron chi connectivity index (χ2n) is 9.77. The van der Waals surface area contributed by atoms with Crippen LogP contribution >= 0.6 is 0 Å². The smallest absolute Gasteiger partial charge is 0.405 e. The SMILES string of the molecule is CC(C)N1C[C@H](C2c3ccccc3CCc3ccccc32)n2c(NCC(F)(F)F)nc(=O)c(O)c2C1=O. The van der Waals surface area contributed by atoms with Gasteiger partial charge in [-0.15, -0.1) is 0 Å². The molecule has 2 N–H and O–H groups in total. The van der Waals surface area contributed by atoms with Crippen LogP contribution in [0.15, 0.2) is 53.3 Å². The van der Waals surface area contributed by atoms with E-state index in [2.05, 4.69) is 10.3 Å². The number of anilines is 1. The van der Waals surface area contributed by atoms with Gasteiger partial charge in [-0.25, -0.2) is 0 Å². The maximum absolute atomic E-state index is 13.5. The highest BCUT2D eigenvalue weighted by Crippen LogP contribution is 2.45. The molecule has 1 amide bonds. The molecule has 0 saturated heterocycles. The van der Waals surface area contributed by atoms with E-state index in [0.29, 0.717) is 0 Å². The number of alkyl halides is 3. The Hall–Kier alpha value is -3.82. The molecule has 194 valence electrons. The minimum Gasteiger partial charge on any atom is -0.501 e. The molecule has 1 aromatic heterocycles. The van der Waals surface area contributed by atoms with Crippen LogP contribution in [-0.2, 0) is 12.8 Å². The van der Waals surface area contributed by atoms with Crippen LogP contribution in [0.1, 0.15) is 58.5 Å². The Bertz CT molecular complexity index is 1370. The van der Waals surface area contributed by atoms with Crippen LogP contribution in [0.5, 0.6) is 5.75 Å². The molecule has 0 spiro atoms. The van der Waals surface area contributed by atoms with Crippen molar-refractivity contribution in [3.63, 3.8) is 0 Å². The van der Waals surface area contributed by atoms with Gasteiger partial charge in [0.05, 0.1) is 6.04 Å². The Morgan fingerprint density at radius 1 is 1.03 bits per heavy atom. The van der Waals surface area contributed by atoms with Gasteiger partial charge < -0.3 is 15.3 Å². The lowest BCUT2D eigenvalue weighted by atomic mass is 9.81. The van der Waals surface area contributed by atoms with Gasteiger partial charge in [0.1, 0.15) is 6.54 Å². The van der Waals surface area contributed by atoms with Crippen molar-refractivity contribution in [1.29, 1.82) is 0 Å². The first-order valence-electron chi connectivity index (χ1n) is 12.2. The van der Waals surface area contributed by atoms with E-state index in [1.807, 2.05) is 62.4 Å². The maximum Gasteiger partial charge on any atom is 0.405 e. The van der Waals surface area contributed by atoms with Gasteiger partial charge in [0, 0.05) is 18.5 Å². The number of carbonyl (C=O) groups is 1. The lowest BCUT2D eigenvalue weighted by Crippen LogP contribution is -2.50. The van der Waals surface area contributed by atoms with Crippen molar-refractivity contribution >= 4 is 11.9 Å². The van der Waals surface area contributed by atoms with Crippen LogP contribution in [0.4, 0.5) is 19.1 Å². The largest absolute Gasteiger partial charge is 0.501 e. The molecule has 7 nitrogen and oxygen atoms in total. The molecule has 0 unspecified atom stereocenters. The number of nitrogens with one attached hydrogen (secondary N) is 1. The Morgan fingerprint density at radius 2 is 1.59 bits per heavy atom. The van der Waals surface area contributed by atoms with Gasteiger partial charge in [0.15, 0.2) is 5.69 Å². The van der Waals surface area contributed by atoms with Gasteiger partial charge in [0.2, 0.25) is 11.7 Å². The molecule has 10 heteroatoms. The molecule has 1 aliphatic heterocycles. The topological polar surface area (TPSA) is 87.5 Å². The van der Waals surface area contributed by atoms with E-state index in [9.17, 15) is 27.9 Å². The molecule has 2 aromatic carbocycles. The molecule has 2 aliphatic rings. The summed E-state index contributed by atoms with van der Waals surface area (Å²) in [5.74, 6) is -2.27. The van der Waals surface area contributed by atoms with E-state index in [-0.39, 0.29) is 24.2 Å². The molecular formula is C27H27F3N4O3. The molecule has 5 rings (SSSR count). The van der Waals surface area contributed by atoms with E-state index in [0.717, 1.165) is 35.1 Å². The predicted molar refractivity (Wildman–Crippen MR) is 132 cm³/mol. The molecule has 1 aliphatic carbocycles. The van der Waals surface area contributed by atoms with Crippen LogP contribution in [0.2, 0.25) is 0 Å². The molecule has 3 aromatic rings. The van der Waals surface area contributed by atoms with Crippen molar-refractivity contribution in [2.45, 2.75) is 50.9 Å². The Morgan fingerprint density at radius 3 is 2.14 bits per heavy atom. The zero-order chi connectivity index (χ0) is 26.5. The number of amides is 1. The fourth-order valence-corrected chi connectivity index (χ4v) is 5.54. The predicted octanol–water partition coefficient (Wildman–Crippen LogP) is 4.26. The van der Waals surface area contributed by atoms with Crippen molar-refractivity contribution in [2.75, 3.05) is 18.4 Å². The molecule has 0 saturated carbocycles. The number of benzene rings is 2. The van der Waals surface area contributed by atoms with E-state index < -0.39 is 41.9 Å². The van der Waals surface area contributed by atoms with Gasteiger partial charge in [-0.05, 0) is 48.9 Å². The fraction of sp³-hybridized carbons (Fsp3) is 0.370. The first-order valence-corrected chi connectivity index (χ1v) is 12.2. The monoisotopic (exact) mass is 512 g/mol. The number of rotatable bonds is 4. The van der Waals surface area contributed by atoms with Crippen molar-refractivity contribution < 1.29 is 23.1 Å². The number of aromatic nitrogens is 2. The number of aryl methyl sites for hydroxylation is 2. The Kier molecular flexibility index (Phi) is 6.21. The van der Waals surface area contributed by atoms with E-state index >= 15 is 0 Å². The Balaban J connectivity index is 1.80. The lowest BCUT2D eigenvalue weighted by Gasteiger charge is -2.43. The highest BCUT2D eigenvalue weighted by atomic mass is 19.4. The van der Waals surface area contributed by atoms with E-state index in [4.69, 9.17) is 0 Å². The lowest BCUT2D eigenvalue weighted by molar-refractivity contribution is -0.115. The number of hydrogen-bond acceptors (Lipinski definition) is 5. The van der Waals surface area contributed by atoms with Gasteiger partial charge in [-0.1, -0.05) is 48.5 Å². The van der Waals surface area contributed by atoms with E-state index in [1.165, 1.54) is 4.57 Å². The summed E-state index contributed by atoms with van der Waals surface area (Å²) in [6.45, 7) is 2.34. The number of aromatic hydroxyl groups is 1. The minimum absolute atomic E-state index is 0.154. The van der Waals surface area contributed by atoms with Crippen LogP contribution in [0.25, 0.3) is 0 Å². The summed E-state index contributed by atoms with van der Waals surface area (Å²) in [6.07, 6.45) is -3.03. The van der Waals surface area contributed by atoms with Crippen molar-refractivity contribution in [1.82, 2.24) is 14.5 Å². The zero-order valence-corrected chi connectivity index (χ0v) is 20.4. The summed E-state index contributed by atoms with van der Waals surface area (Å²) in [4.78, 5) is 31.3. The van der Waals surface area contributed by atoms with Crippen LogP contribution in [0, 0.1) is 0 Å². The third kappa shape index (κ3) is 4.45. The second kappa shape index (κ2) is 9.24.